The van der Waals surface area contributed by atoms with Crippen molar-refractivity contribution in [1.29, 1.82) is 0 Å². The van der Waals surface area contributed by atoms with E-state index in [4.69, 9.17) is 5.11 Å². The Morgan fingerprint density at radius 3 is 2.44 bits per heavy atom. The Balaban J connectivity index is 2.43. The molecule has 0 heterocycles. The molecule has 16 heavy (non-hydrogen) atoms. The van der Waals surface area contributed by atoms with Crippen LogP contribution in [-0.2, 0) is 9.59 Å². The van der Waals surface area contributed by atoms with Crippen molar-refractivity contribution in [1.82, 2.24) is 10.6 Å². The van der Waals surface area contributed by atoms with Gasteiger partial charge in [0.15, 0.2) is 0 Å². The SMILES string of the molecule is CCNCCC(=O)NC1(C(=O)O)CCCC1. The molecule has 1 fully saturated rings. The third-order valence-electron chi connectivity index (χ3n) is 3.02. The minimum atomic E-state index is -0.997. The Morgan fingerprint density at radius 2 is 1.94 bits per heavy atom. The van der Waals surface area contributed by atoms with Crippen LogP contribution < -0.4 is 10.6 Å². The highest BCUT2D eigenvalue weighted by atomic mass is 16.4. The standard InChI is InChI=1S/C11H20N2O3/c1-2-12-8-5-9(14)13-11(10(15)16)6-3-4-7-11/h12H,2-8H2,1H3,(H,13,14)(H,15,16). The van der Waals surface area contributed by atoms with Crippen molar-refractivity contribution >= 4 is 11.9 Å². The van der Waals surface area contributed by atoms with Crippen molar-refractivity contribution in [3.8, 4) is 0 Å². The Bertz CT molecular complexity index is 260. The Morgan fingerprint density at radius 1 is 1.31 bits per heavy atom. The predicted octanol–water partition coefficient (Wildman–Crippen LogP) is 0.500. The van der Waals surface area contributed by atoms with Crippen molar-refractivity contribution in [3.63, 3.8) is 0 Å². The van der Waals surface area contributed by atoms with Gasteiger partial charge in [-0.3, -0.25) is 4.79 Å². The van der Waals surface area contributed by atoms with Gasteiger partial charge < -0.3 is 15.7 Å². The number of rotatable bonds is 6. The highest BCUT2D eigenvalue weighted by Gasteiger charge is 2.42. The first-order valence-electron chi connectivity index (χ1n) is 5.86. The van der Waals surface area contributed by atoms with Gasteiger partial charge in [-0.1, -0.05) is 19.8 Å². The Labute approximate surface area is 95.6 Å². The number of hydrogen-bond acceptors (Lipinski definition) is 3. The van der Waals surface area contributed by atoms with Crippen LogP contribution in [0.15, 0.2) is 0 Å². The quantitative estimate of drug-likeness (QED) is 0.578. The molecule has 0 aromatic rings. The minimum absolute atomic E-state index is 0.176. The van der Waals surface area contributed by atoms with Gasteiger partial charge in [-0.05, 0) is 19.4 Å². The van der Waals surface area contributed by atoms with Gasteiger partial charge in [0, 0.05) is 13.0 Å². The van der Waals surface area contributed by atoms with Gasteiger partial charge in [-0.15, -0.1) is 0 Å². The average molecular weight is 228 g/mol. The van der Waals surface area contributed by atoms with E-state index in [1.807, 2.05) is 6.92 Å². The number of amides is 1. The first-order chi connectivity index (χ1) is 7.60. The molecule has 0 aliphatic heterocycles. The van der Waals surface area contributed by atoms with Crippen LogP contribution in [0.3, 0.4) is 0 Å². The van der Waals surface area contributed by atoms with Crippen LogP contribution in [0.1, 0.15) is 39.0 Å². The van der Waals surface area contributed by atoms with Gasteiger partial charge in [0.05, 0.1) is 0 Å². The van der Waals surface area contributed by atoms with Gasteiger partial charge in [0.1, 0.15) is 5.54 Å². The van der Waals surface area contributed by atoms with Crippen LogP contribution in [0.4, 0.5) is 0 Å². The van der Waals surface area contributed by atoms with E-state index in [1.54, 1.807) is 0 Å². The van der Waals surface area contributed by atoms with Crippen molar-refractivity contribution in [3.05, 3.63) is 0 Å². The molecule has 5 heteroatoms. The highest BCUT2D eigenvalue weighted by Crippen LogP contribution is 2.29. The molecule has 0 bridgehead atoms. The van der Waals surface area contributed by atoms with E-state index >= 15 is 0 Å². The summed E-state index contributed by atoms with van der Waals surface area (Å²) in [6.45, 7) is 3.38. The van der Waals surface area contributed by atoms with Gasteiger partial charge in [-0.2, -0.15) is 0 Å². The van der Waals surface area contributed by atoms with E-state index in [0.717, 1.165) is 19.4 Å². The molecule has 1 saturated carbocycles. The molecule has 0 radical (unpaired) electrons. The zero-order valence-electron chi connectivity index (χ0n) is 9.71. The van der Waals surface area contributed by atoms with Crippen molar-refractivity contribution in [2.75, 3.05) is 13.1 Å². The van der Waals surface area contributed by atoms with Crippen LogP contribution in [0.25, 0.3) is 0 Å². The summed E-state index contributed by atoms with van der Waals surface area (Å²) in [4.78, 5) is 22.7. The number of nitrogens with one attached hydrogen (secondary N) is 2. The summed E-state index contributed by atoms with van der Waals surface area (Å²) in [5.41, 5.74) is -0.997. The zero-order chi connectivity index (χ0) is 12.0. The minimum Gasteiger partial charge on any atom is -0.480 e. The van der Waals surface area contributed by atoms with E-state index in [9.17, 15) is 9.59 Å². The molecule has 0 aromatic heterocycles. The number of carbonyl (C=O) groups is 2. The molecular formula is C11H20N2O3. The van der Waals surface area contributed by atoms with Crippen molar-refractivity contribution in [2.45, 2.75) is 44.6 Å². The van der Waals surface area contributed by atoms with Gasteiger partial charge in [0.2, 0.25) is 5.91 Å². The molecule has 3 N–H and O–H groups in total. The van der Waals surface area contributed by atoms with Gasteiger partial charge >= 0.3 is 5.97 Å². The largest absolute Gasteiger partial charge is 0.480 e. The maximum Gasteiger partial charge on any atom is 0.329 e. The van der Waals surface area contributed by atoms with Crippen molar-refractivity contribution < 1.29 is 14.7 Å². The molecule has 1 aliphatic rings. The first kappa shape index (κ1) is 13.0. The van der Waals surface area contributed by atoms with Crippen LogP contribution in [0.5, 0.6) is 0 Å². The second-order valence-electron chi connectivity index (χ2n) is 4.25. The molecule has 5 nitrogen and oxygen atoms in total. The van der Waals surface area contributed by atoms with Crippen LogP contribution in [0.2, 0.25) is 0 Å². The number of aliphatic carboxylic acids is 1. The van der Waals surface area contributed by atoms with Crippen LogP contribution in [0, 0.1) is 0 Å². The zero-order valence-corrected chi connectivity index (χ0v) is 9.71. The van der Waals surface area contributed by atoms with E-state index in [0.29, 0.717) is 25.8 Å². The molecule has 0 atom stereocenters. The van der Waals surface area contributed by atoms with E-state index < -0.39 is 11.5 Å². The monoisotopic (exact) mass is 228 g/mol. The fourth-order valence-corrected chi connectivity index (χ4v) is 2.08. The number of hydrogen-bond donors (Lipinski definition) is 3. The summed E-state index contributed by atoms with van der Waals surface area (Å²) in [6, 6.07) is 0. The number of carboxylic acids is 1. The summed E-state index contributed by atoms with van der Waals surface area (Å²) in [6.07, 6.45) is 3.19. The fourth-order valence-electron chi connectivity index (χ4n) is 2.08. The van der Waals surface area contributed by atoms with E-state index in [2.05, 4.69) is 10.6 Å². The summed E-state index contributed by atoms with van der Waals surface area (Å²) in [7, 11) is 0. The third kappa shape index (κ3) is 3.20. The molecule has 1 amide bonds. The second-order valence-corrected chi connectivity index (χ2v) is 4.25. The third-order valence-corrected chi connectivity index (χ3v) is 3.02. The molecule has 0 saturated heterocycles. The lowest BCUT2D eigenvalue weighted by Gasteiger charge is -2.25. The lowest BCUT2D eigenvalue weighted by molar-refractivity contribution is -0.147. The van der Waals surface area contributed by atoms with Gasteiger partial charge in [-0.25, -0.2) is 4.79 Å². The second kappa shape index (κ2) is 5.84. The summed E-state index contributed by atoms with van der Waals surface area (Å²) in [5, 5.41) is 14.9. The van der Waals surface area contributed by atoms with E-state index in [-0.39, 0.29) is 5.91 Å². The van der Waals surface area contributed by atoms with Gasteiger partial charge in [0.25, 0.3) is 0 Å². The normalized spacial score (nSPS) is 18.3. The molecule has 92 valence electrons. The van der Waals surface area contributed by atoms with E-state index in [1.165, 1.54) is 0 Å². The molecule has 0 aromatic carbocycles. The lowest BCUT2D eigenvalue weighted by Crippen LogP contribution is -2.52. The molecule has 0 unspecified atom stereocenters. The summed E-state index contributed by atoms with van der Waals surface area (Å²) in [5.74, 6) is -1.08. The smallest absolute Gasteiger partial charge is 0.329 e. The summed E-state index contributed by atoms with van der Waals surface area (Å²) >= 11 is 0. The molecule has 0 spiro atoms. The Kier molecular flexibility index (Phi) is 4.73. The predicted molar refractivity (Wildman–Crippen MR) is 60.1 cm³/mol. The number of carboxylic acid groups (broad SMARTS) is 1. The molecule has 1 rings (SSSR count). The fraction of sp³-hybridized carbons (Fsp3) is 0.818. The van der Waals surface area contributed by atoms with Crippen molar-refractivity contribution in [2.24, 2.45) is 0 Å². The maximum atomic E-state index is 11.6. The average Bonchev–Trinajstić information content (AvgIpc) is 2.68. The topological polar surface area (TPSA) is 78.4 Å². The Hall–Kier alpha value is -1.10. The first-order valence-corrected chi connectivity index (χ1v) is 5.86. The molecular weight excluding hydrogens is 208 g/mol. The summed E-state index contributed by atoms with van der Waals surface area (Å²) < 4.78 is 0. The van der Waals surface area contributed by atoms with Crippen LogP contribution >= 0.6 is 0 Å². The number of carbonyl (C=O) groups excluding carboxylic acids is 1. The lowest BCUT2D eigenvalue weighted by atomic mass is 9.97. The highest BCUT2D eigenvalue weighted by molar-refractivity contribution is 5.87. The van der Waals surface area contributed by atoms with Crippen LogP contribution in [-0.4, -0.2) is 35.6 Å². The maximum absolute atomic E-state index is 11.6. The molecule has 1 aliphatic carbocycles.